The van der Waals surface area contributed by atoms with Crippen molar-refractivity contribution in [2.24, 2.45) is 17.3 Å². The van der Waals surface area contributed by atoms with Gasteiger partial charge in [-0.15, -0.1) is 0 Å². The Morgan fingerprint density at radius 3 is 2.32 bits per heavy atom. The van der Waals surface area contributed by atoms with Crippen LogP contribution in [0.25, 0.3) is 0 Å². The quantitative estimate of drug-likeness (QED) is 0.589. The summed E-state index contributed by atoms with van der Waals surface area (Å²) in [6, 6.07) is 6.96. The molecule has 1 aliphatic rings. The van der Waals surface area contributed by atoms with Crippen molar-refractivity contribution in [3.8, 4) is 0 Å². The zero-order valence-corrected chi connectivity index (χ0v) is 17.1. The Morgan fingerprint density at radius 1 is 1.11 bits per heavy atom. The molecule has 1 fully saturated rings. The van der Waals surface area contributed by atoms with Crippen LogP contribution in [0.5, 0.6) is 0 Å². The highest BCUT2D eigenvalue weighted by Crippen LogP contribution is 2.45. The molecule has 0 aromatic heterocycles. The van der Waals surface area contributed by atoms with Crippen LogP contribution >= 0.6 is 0 Å². The Balaban J connectivity index is 2.02. The molecule has 1 N–H and O–H groups in total. The molecule has 0 spiro atoms. The van der Waals surface area contributed by atoms with E-state index in [1.54, 1.807) is 24.3 Å². The lowest BCUT2D eigenvalue weighted by Gasteiger charge is -2.45. The van der Waals surface area contributed by atoms with Gasteiger partial charge in [0.25, 0.3) is 0 Å². The van der Waals surface area contributed by atoms with Gasteiger partial charge in [0.15, 0.2) is 6.61 Å². The first kappa shape index (κ1) is 21.7. The van der Waals surface area contributed by atoms with Crippen molar-refractivity contribution < 1.29 is 28.6 Å². The van der Waals surface area contributed by atoms with Gasteiger partial charge in [-0.2, -0.15) is 0 Å². The van der Waals surface area contributed by atoms with Crippen LogP contribution in [0.4, 0.5) is 5.69 Å². The summed E-state index contributed by atoms with van der Waals surface area (Å²) in [5, 5.41) is 3.47. The fraction of sp³-hybridized carbons (Fsp3) is 0.571. The molecule has 3 atom stereocenters. The number of carbonyl (C=O) groups is 3. The van der Waals surface area contributed by atoms with E-state index in [4.69, 9.17) is 9.47 Å². The Hall–Kier alpha value is -2.57. The number of benzene rings is 1. The van der Waals surface area contributed by atoms with E-state index < -0.39 is 18.5 Å². The second-order valence-corrected chi connectivity index (χ2v) is 7.87. The van der Waals surface area contributed by atoms with E-state index in [0.717, 1.165) is 18.5 Å². The van der Waals surface area contributed by atoms with E-state index in [2.05, 4.69) is 30.8 Å². The molecule has 0 saturated heterocycles. The number of hydrogen-bond acceptors (Lipinski definition) is 7. The Bertz CT molecular complexity index is 712. The van der Waals surface area contributed by atoms with Crippen LogP contribution in [0.2, 0.25) is 0 Å². The number of methoxy groups -OCH3 is 2. The predicted molar refractivity (Wildman–Crippen MR) is 104 cm³/mol. The second kappa shape index (κ2) is 9.08. The van der Waals surface area contributed by atoms with Gasteiger partial charge >= 0.3 is 17.9 Å². The van der Waals surface area contributed by atoms with Crippen LogP contribution in [0.15, 0.2) is 24.3 Å². The molecule has 1 aromatic carbocycles. The monoisotopic (exact) mass is 391 g/mol. The Morgan fingerprint density at radius 2 is 1.75 bits per heavy atom. The summed E-state index contributed by atoms with van der Waals surface area (Å²) in [6.45, 7) is 5.87. The molecule has 0 radical (unpaired) electrons. The topological polar surface area (TPSA) is 90.9 Å². The maximum absolute atomic E-state index is 12.3. The summed E-state index contributed by atoms with van der Waals surface area (Å²) in [4.78, 5) is 35.3. The maximum atomic E-state index is 12.3. The van der Waals surface area contributed by atoms with E-state index in [1.807, 2.05) is 0 Å². The van der Waals surface area contributed by atoms with E-state index >= 15 is 0 Å². The van der Waals surface area contributed by atoms with Crippen molar-refractivity contribution in [2.45, 2.75) is 39.7 Å². The number of rotatable bonds is 6. The highest BCUT2D eigenvalue weighted by Gasteiger charge is 2.46. The predicted octanol–water partition coefficient (Wildman–Crippen LogP) is 3.04. The second-order valence-electron chi connectivity index (χ2n) is 7.87. The standard InChI is InChI=1S/C21H29NO6/c1-13-16(10-11-21(2,3)18(13)20(25)27-5)22-15-8-6-14(7-9-15)19(24)28-12-17(23)26-4/h6-9,13,16,18,22H,10-12H2,1-5H3. The Kier molecular flexibility index (Phi) is 7.05. The van der Waals surface area contributed by atoms with Gasteiger partial charge in [0.2, 0.25) is 0 Å². The fourth-order valence-electron chi connectivity index (χ4n) is 3.94. The van der Waals surface area contributed by atoms with Crippen LogP contribution in [0.1, 0.15) is 44.0 Å². The third-order valence-corrected chi connectivity index (χ3v) is 5.58. The molecule has 0 heterocycles. The third kappa shape index (κ3) is 5.03. The lowest BCUT2D eigenvalue weighted by Crippen LogP contribution is -2.48. The first-order valence-electron chi connectivity index (χ1n) is 9.38. The molecule has 154 valence electrons. The summed E-state index contributed by atoms with van der Waals surface area (Å²) in [6.07, 6.45) is 1.84. The molecule has 7 heteroatoms. The molecular formula is C21H29NO6. The minimum atomic E-state index is -0.610. The van der Waals surface area contributed by atoms with Crippen LogP contribution in [-0.4, -0.2) is 44.8 Å². The van der Waals surface area contributed by atoms with Crippen molar-refractivity contribution in [3.05, 3.63) is 29.8 Å². The zero-order chi connectivity index (χ0) is 20.9. The first-order chi connectivity index (χ1) is 13.2. The fourth-order valence-corrected chi connectivity index (χ4v) is 3.94. The van der Waals surface area contributed by atoms with Gasteiger partial charge in [-0.25, -0.2) is 9.59 Å². The maximum Gasteiger partial charge on any atom is 0.344 e. The van der Waals surface area contributed by atoms with Crippen LogP contribution in [0, 0.1) is 17.3 Å². The summed E-state index contributed by atoms with van der Waals surface area (Å²) in [5.41, 5.74) is 1.09. The lowest BCUT2D eigenvalue weighted by molar-refractivity contribution is -0.154. The largest absolute Gasteiger partial charge is 0.469 e. The van der Waals surface area contributed by atoms with Crippen molar-refractivity contribution in [1.29, 1.82) is 0 Å². The smallest absolute Gasteiger partial charge is 0.344 e. The lowest BCUT2D eigenvalue weighted by atomic mass is 9.62. The van der Waals surface area contributed by atoms with Crippen LogP contribution < -0.4 is 5.32 Å². The average Bonchev–Trinajstić information content (AvgIpc) is 2.68. The SMILES string of the molecule is COC(=O)COC(=O)c1ccc(NC2CCC(C)(C)C(C(=O)OC)C2C)cc1. The number of anilines is 1. The molecule has 3 unspecified atom stereocenters. The van der Waals surface area contributed by atoms with E-state index in [0.29, 0.717) is 5.56 Å². The number of hydrogen-bond donors (Lipinski definition) is 1. The molecule has 0 aliphatic heterocycles. The Labute approximate surface area is 165 Å². The molecule has 0 bridgehead atoms. The minimum absolute atomic E-state index is 0.0981. The normalized spacial score (nSPS) is 23.4. The molecule has 1 aliphatic carbocycles. The highest BCUT2D eigenvalue weighted by atomic mass is 16.6. The summed E-state index contributed by atoms with van der Waals surface area (Å²) >= 11 is 0. The molecule has 0 amide bonds. The van der Waals surface area contributed by atoms with Gasteiger partial charge in [0.1, 0.15) is 0 Å². The molecule has 1 saturated carbocycles. The van der Waals surface area contributed by atoms with Gasteiger partial charge in [0.05, 0.1) is 25.7 Å². The van der Waals surface area contributed by atoms with Gasteiger partial charge in [-0.05, 0) is 48.4 Å². The molecular weight excluding hydrogens is 362 g/mol. The number of carbonyl (C=O) groups excluding carboxylic acids is 3. The summed E-state index contributed by atoms with van der Waals surface area (Å²) in [5.74, 6) is -1.46. The van der Waals surface area contributed by atoms with E-state index in [-0.39, 0.29) is 29.3 Å². The number of ether oxygens (including phenoxy) is 3. The van der Waals surface area contributed by atoms with Gasteiger partial charge in [-0.1, -0.05) is 20.8 Å². The number of esters is 3. The van der Waals surface area contributed by atoms with Gasteiger partial charge in [-0.3, -0.25) is 4.79 Å². The average molecular weight is 391 g/mol. The summed E-state index contributed by atoms with van der Waals surface area (Å²) in [7, 11) is 2.66. The molecule has 28 heavy (non-hydrogen) atoms. The summed E-state index contributed by atoms with van der Waals surface area (Å²) < 4.78 is 14.4. The minimum Gasteiger partial charge on any atom is -0.469 e. The number of nitrogens with one attached hydrogen (secondary N) is 1. The van der Waals surface area contributed by atoms with Crippen LogP contribution in [0.3, 0.4) is 0 Å². The van der Waals surface area contributed by atoms with Crippen molar-refractivity contribution in [3.63, 3.8) is 0 Å². The third-order valence-electron chi connectivity index (χ3n) is 5.58. The van der Waals surface area contributed by atoms with Gasteiger partial charge in [0, 0.05) is 11.7 Å². The van der Waals surface area contributed by atoms with E-state index in [9.17, 15) is 14.4 Å². The van der Waals surface area contributed by atoms with E-state index in [1.165, 1.54) is 14.2 Å². The molecule has 7 nitrogen and oxygen atoms in total. The zero-order valence-electron chi connectivity index (χ0n) is 17.1. The van der Waals surface area contributed by atoms with Crippen LogP contribution in [-0.2, 0) is 23.8 Å². The molecule has 1 aromatic rings. The van der Waals surface area contributed by atoms with Crippen molar-refractivity contribution in [2.75, 3.05) is 26.1 Å². The van der Waals surface area contributed by atoms with Crippen molar-refractivity contribution in [1.82, 2.24) is 0 Å². The van der Waals surface area contributed by atoms with Gasteiger partial charge < -0.3 is 19.5 Å². The van der Waals surface area contributed by atoms with Crippen molar-refractivity contribution >= 4 is 23.6 Å². The first-order valence-corrected chi connectivity index (χ1v) is 9.38. The highest BCUT2D eigenvalue weighted by molar-refractivity contribution is 5.91. The molecule has 2 rings (SSSR count).